The van der Waals surface area contributed by atoms with Crippen LogP contribution in [0.15, 0.2) is 52.9 Å². The van der Waals surface area contributed by atoms with E-state index in [1.54, 1.807) is 42.5 Å². The van der Waals surface area contributed by atoms with E-state index in [2.05, 4.69) is 16.2 Å². The molecule has 0 bridgehead atoms. The molecule has 4 rings (SSSR count). The summed E-state index contributed by atoms with van der Waals surface area (Å²) in [5.74, 6) is -2.00. The summed E-state index contributed by atoms with van der Waals surface area (Å²) in [6.45, 7) is 3.61. The van der Waals surface area contributed by atoms with Crippen molar-refractivity contribution in [3.05, 3.63) is 75.6 Å². The van der Waals surface area contributed by atoms with Gasteiger partial charge in [0, 0.05) is 29.5 Å². The Morgan fingerprint density at radius 1 is 1.24 bits per heavy atom. The molecule has 9 heteroatoms. The Morgan fingerprint density at radius 3 is 2.61 bits per heavy atom. The first kappa shape index (κ1) is 22.8. The minimum Gasteiger partial charge on any atom is -0.382 e. The van der Waals surface area contributed by atoms with Gasteiger partial charge in [-0.1, -0.05) is 19.1 Å². The zero-order valence-corrected chi connectivity index (χ0v) is 19.2. The van der Waals surface area contributed by atoms with Crippen molar-refractivity contribution in [2.24, 2.45) is 5.10 Å². The number of hydrogen-bond donors (Lipinski definition) is 1. The minimum absolute atomic E-state index is 0.0532. The first-order valence-corrected chi connectivity index (χ1v) is 11.3. The van der Waals surface area contributed by atoms with Crippen molar-refractivity contribution in [2.75, 3.05) is 13.6 Å². The summed E-state index contributed by atoms with van der Waals surface area (Å²) in [6.07, 6.45) is 1.47. The Hall–Kier alpha value is -3.35. The van der Waals surface area contributed by atoms with Crippen LogP contribution < -0.4 is 0 Å². The van der Waals surface area contributed by atoms with E-state index in [1.165, 1.54) is 11.3 Å². The number of halogens is 2. The van der Waals surface area contributed by atoms with Crippen LogP contribution in [0, 0.1) is 23.0 Å². The average molecular weight is 468 g/mol. The number of nitriles is 1. The van der Waals surface area contributed by atoms with Crippen LogP contribution >= 0.6 is 11.3 Å². The van der Waals surface area contributed by atoms with Gasteiger partial charge < -0.3 is 10.0 Å². The predicted octanol–water partition coefficient (Wildman–Crippen LogP) is 4.49. The molecule has 33 heavy (non-hydrogen) atoms. The third-order valence-electron chi connectivity index (χ3n) is 6.12. The number of aromatic nitrogens is 1. The van der Waals surface area contributed by atoms with Crippen molar-refractivity contribution in [1.82, 2.24) is 14.9 Å². The number of benzene rings is 2. The lowest BCUT2D eigenvalue weighted by molar-refractivity contribution is -0.0375. The maximum Gasteiger partial charge on any atom is 0.129 e. The van der Waals surface area contributed by atoms with E-state index in [0.717, 1.165) is 23.8 Å². The van der Waals surface area contributed by atoms with Crippen LogP contribution in [-0.2, 0) is 5.60 Å². The van der Waals surface area contributed by atoms with E-state index in [9.17, 15) is 13.9 Å². The summed E-state index contributed by atoms with van der Waals surface area (Å²) < 4.78 is 29.0. The Kier molecular flexibility index (Phi) is 6.15. The van der Waals surface area contributed by atoms with Gasteiger partial charge in [-0.25, -0.2) is 13.8 Å². The predicted molar refractivity (Wildman–Crippen MR) is 123 cm³/mol. The van der Waals surface area contributed by atoms with Crippen molar-refractivity contribution in [3.63, 3.8) is 0 Å². The van der Waals surface area contributed by atoms with Crippen LogP contribution in [0.5, 0.6) is 0 Å². The van der Waals surface area contributed by atoms with Crippen LogP contribution in [0.2, 0.25) is 0 Å². The topological polar surface area (TPSA) is 75.8 Å². The molecule has 3 aromatic rings. The Bertz CT molecular complexity index is 1220. The smallest absolute Gasteiger partial charge is 0.129 e. The Balaban J connectivity index is 1.72. The van der Waals surface area contributed by atoms with Gasteiger partial charge >= 0.3 is 0 Å². The van der Waals surface area contributed by atoms with Gasteiger partial charge in [0.15, 0.2) is 0 Å². The Labute approximate surface area is 195 Å². The van der Waals surface area contributed by atoms with Gasteiger partial charge in [0.05, 0.1) is 28.9 Å². The van der Waals surface area contributed by atoms with E-state index >= 15 is 0 Å². The quantitative estimate of drug-likeness (QED) is 0.578. The molecular weight excluding hydrogens is 444 g/mol. The molecule has 170 valence electrons. The molecule has 1 aliphatic heterocycles. The molecule has 1 N–H and O–H groups in total. The molecule has 1 aliphatic rings. The van der Waals surface area contributed by atoms with Crippen molar-refractivity contribution < 1.29 is 13.9 Å². The second kappa shape index (κ2) is 8.89. The first-order chi connectivity index (χ1) is 15.7. The number of rotatable bonds is 6. The first-order valence-electron chi connectivity index (χ1n) is 10.4. The highest BCUT2D eigenvalue weighted by atomic mass is 32.1. The Morgan fingerprint density at radius 2 is 1.97 bits per heavy atom. The lowest BCUT2D eigenvalue weighted by Gasteiger charge is -2.38. The van der Waals surface area contributed by atoms with Gasteiger partial charge in [-0.3, -0.25) is 5.01 Å². The molecule has 2 heterocycles. The van der Waals surface area contributed by atoms with Crippen LogP contribution in [0.4, 0.5) is 8.78 Å². The molecule has 0 saturated heterocycles. The van der Waals surface area contributed by atoms with E-state index < -0.39 is 23.2 Å². The van der Waals surface area contributed by atoms with Crippen LogP contribution in [0.25, 0.3) is 11.3 Å². The molecule has 1 unspecified atom stereocenters. The number of nitrogens with zero attached hydrogens (tertiary/aromatic N) is 5. The third kappa shape index (κ3) is 4.32. The van der Waals surface area contributed by atoms with E-state index in [4.69, 9.17) is 5.26 Å². The SMILES string of the molecule is CC1N(C)C=NN1C[C@](O)(c1cc(F)ccc1F)[C@@H](C)c1nc(-c2ccc(C#N)cc2)cs1. The normalized spacial score (nSPS) is 18.3. The summed E-state index contributed by atoms with van der Waals surface area (Å²) in [5.41, 5.74) is 0.109. The van der Waals surface area contributed by atoms with Crippen molar-refractivity contribution >= 4 is 17.7 Å². The summed E-state index contributed by atoms with van der Waals surface area (Å²) in [6, 6.07) is 12.2. The van der Waals surface area contributed by atoms with Gasteiger partial charge in [-0.2, -0.15) is 10.4 Å². The van der Waals surface area contributed by atoms with Crippen LogP contribution in [0.1, 0.15) is 35.9 Å². The number of β-amino-alcohol motifs (C(OH)–C–C–N with tert-alkyl or cyclic N) is 1. The average Bonchev–Trinajstić information content (AvgIpc) is 3.43. The fraction of sp³-hybridized carbons (Fsp3) is 0.292. The summed E-state index contributed by atoms with van der Waals surface area (Å²) in [5, 5.41) is 29.3. The lowest BCUT2D eigenvalue weighted by Crippen LogP contribution is -2.47. The van der Waals surface area contributed by atoms with Gasteiger partial charge in [-0.15, -0.1) is 11.3 Å². The van der Waals surface area contributed by atoms with Crippen LogP contribution in [-0.4, -0.2) is 46.1 Å². The molecular formula is C24H23F2N5OS. The molecule has 0 spiro atoms. The number of hydrazone groups is 1. The molecule has 0 amide bonds. The molecule has 0 aliphatic carbocycles. The van der Waals surface area contributed by atoms with E-state index in [1.807, 2.05) is 24.3 Å². The molecule has 1 aromatic heterocycles. The van der Waals surface area contributed by atoms with Crippen molar-refractivity contribution in [2.45, 2.75) is 31.5 Å². The standard InChI is InChI=1S/C24H23F2N5OS/c1-15(23-29-22(12-33-23)18-6-4-17(11-27)5-7-18)24(32,13-31-16(2)30(3)14-28-31)20-10-19(25)8-9-21(20)26/h4-10,12,14-16,32H,13H2,1-3H3/t15-,16?,24+/m0/s1. The maximum atomic E-state index is 14.9. The number of thiazole rings is 1. The van der Waals surface area contributed by atoms with Crippen LogP contribution in [0.3, 0.4) is 0 Å². The lowest BCUT2D eigenvalue weighted by atomic mass is 9.81. The molecule has 2 aromatic carbocycles. The van der Waals surface area contributed by atoms with E-state index in [-0.39, 0.29) is 18.3 Å². The summed E-state index contributed by atoms with van der Waals surface area (Å²) >= 11 is 1.33. The van der Waals surface area contributed by atoms with Crippen molar-refractivity contribution in [3.8, 4) is 17.3 Å². The second-order valence-electron chi connectivity index (χ2n) is 8.16. The molecule has 0 saturated carbocycles. The maximum absolute atomic E-state index is 14.9. The highest BCUT2D eigenvalue weighted by Gasteiger charge is 2.44. The highest BCUT2D eigenvalue weighted by Crippen LogP contribution is 2.41. The van der Waals surface area contributed by atoms with Gasteiger partial charge in [0.1, 0.15) is 29.7 Å². The largest absolute Gasteiger partial charge is 0.382 e. The van der Waals surface area contributed by atoms with Gasteiger partial charge in [0.25, 0.3) is 0 Å². The molecule has 0 radical (unpaired) electrons. The highest BCUT2D eigenvalue weighted by molar-refractivity contribution is 7.10. The monoisotopic (exact) mass is 467 g/mol. The third-order valence-corrected chi connectivity index (χ3v) is 7.15. The zero-order chi connectivity index (χ0) is 23.8. The van der Waals surface area contributed by atoms with Gasteiger partial charge in [0.2, 0.25) is 0 Å². The van der Waals surface area contributed by atoms with E-state index in [0.29, 0.717) is 16.3 Å². The van der Waals surface area contributed by atoms with Crippen molar-refractivity contribution in [1.29, 1.82) is 5.26 Å². The summed E-state index contributed by atoms with van der Waals surface area (Å²) in [4.78, 5) is 6.54. The fourth-order valence-electron chi connectivity index (χ4n) is 3.79. The molecule has 3 atom stereocenters. The zero-order valence-electron chi connectivity index (χ0n) is 18.4. The fourth-order valence-corrected chi connectivity index (χ4v) is 4.77. The molecule has 6 nitrogen and oxygen atoms in total. The molecule has 0 fully saturated rings. The number of aliphatic hydroxyl groups is 1. The van der Waals surface area contributed by atoms with Gasteiger partial charge in [-0.05, 0) is 37.3 Å². The number of hydrogen-bond acceptors (Lipinski definition) is 7. The minimum atomic E-state index is -1.80. The second-order valence-corrected chi connectivity index (χ2v) is 9.05. The summed E-state index contributed by atoms with van der Waals surface area (Å²) in [7, 11) is 1.85.